The summed E-state index contributed by atoms with van der Waals surface area (Å²) in [6.45, 7) is 2.23. The summed E-state index contributed by atoms with van der Waals surface area (Å²) in [7, 11) is 2.14. The number of rotatable bonds is 5. The predicted molar refractivity (Wildman–Crippen MR) is 107 cm³/mol. The van der Waals surface area contributed by atoms with Crippen LogP contribution in [0.2, 0.25) is 0 Å². The van der Waals surface area contributed by atoms with Crippen LogP contribution in [0, 0.1) is 0 Å². The lowest BCUT2D eigenvalue weighted by molar-refractivity contribution is -0.138. The summed E-state index contributed by atoms with van der Waals surface area (Å²) in [5, 5.41) is 0. The molecule has 2 aliphatic heterocycles. The minimum Gasteiger partial charge on any atom is -0.482 e. The lowest BCUT2D eigenvalue weighted by Crippen LogP contribution is -2.48. The number of para-hydroxylation sites is 1. The Labute approximate surface area is 166 Å². The van der Waals surface area contributed by atoms with Gasteiger partial charge in [0, 0.05) is 32.0 Å². The molecule has 2 fully saturated rings. The van der Waals surface area contributed by atoms with Crippen LogP contribution in [0.5, 0.6) is 5.75 Å². The van der Waals surface area contributed by atoms with Gasteiger partial charge in [0.25, 0.3) is 5.91 Å². The minimum atomic E-state index is -0.102. The van der Waals surface area contributed by atoms with Crippen LogP contribution in [-0.2, 0) is 9.53 Å². The number of ether oxygens (including phenoxy) is 2. The van der Waals surface area contributed by atoms with Crippen molar-refractivity contribution in [1.29, 1.82) is 0 Å². The summed E-state index contributed by atoms with van der Waals surface area (Å²) in [6, 6.07) is 14.4. The summed E-state index contributed by atoms with van der Waals surface area (Å²) < 4.78 is 11.8. The summed E-state index contributed by atoms with van der Waals surface area (Å²) in [4.78, 5) is 20.7. The number of likely N-dealkylation sites (N-methyl/N-ethyl adjacent to an activating group) is 1. The molecular weight excluding hydrogens is 354 g/mol. The highest BCUT2D eigenvalue weighted by atomic mass is 16.5. The van der Waals surface area contributed by atoms with Crippen LogP contribution in [-0.4, -0.2) is 60.8 Å². The van der Waals surface area contributed by atoms with Gasteiger partial charge in [-0.2, -0.15) is 0 Å². The van der Waals surface area contributed by atoms with Crippen LogP contribution >= 0.6 is 0 Å². The highest BCUT2D eigenvalue weighted by Gasteiger charge is 2.44. The van der Waals surface area contributed by atoms with E-state index in [2.05, 4.69) is 41.2 Å². The zero-order valence-electron chi connectivity index (χ0n) is 16.3. The maximum atomic E-state index is 12.5. The number of aromatic nitrogens is 1. The Hall–Kier alpha value is -2.60. The summed E-state index contributed by atoms with van der Waals surface area (Å²) >= 11 is 0. The molecule has 1 amide bonds. The van der Waals surface area contributed by atoms with Crippen molar-refractivity contribution in [2.45, 2.75) is 30.9 Å². The third-order valence-corrected chi connectivity index (χ3v) is 5.92. The zero-order valence-corrected chi connectivity index (χ0v) is 16.3. The Morgan fingerprint density at radius 2 is 2.04 bits per heavy atom. The number of amides is 1. The van der Waals surface area contributed by atoms with Gasteiger partial charge in [-0.05, 0) is 43.5 Å². The van der Waals surface area contributed by atoms with Crippen molar-refractivity contribution in [1.82, 2.24) is 9.88 Å². The van der Waals surface area contributed by atoms with E-state index in [4.69, 9.17) is 9.47 Å². The van der Waals surface area contributed by atoms with Gasteiger partial charge in [0.05, 0.1) is 24.4 Å². The second kappa shape index (κ2) is 8.19. The van der Waals surface area contributed by atoms with E-state index in [1.165, 1.54) is 5.69 Å². The Bertz CT molecular complexity index is 776. The first-order valence-corrected chi connectivity index (χ1v) is 9.88. The SMILES string of the molecule is CN(c1ccccc1)[C@@H]1COC2(CCN(C(=O)COc3cccnc3)CC2)C1. The van der Waals surface area contributed by atoms with Gasteiger partial charge in [0.2, 0.25) is 0 Å². The average Bonchev–Trinajstić information content (AvgIpc) is 3.17. The van der Waals surface area contributed by atoms with Gasteiger partial charge in [0.15, 0.2) is 6.61 Å². The number of nitrogens with zero attached hydrogens (tertiary/aromatic N) is 3. The van der Waals surface area contributed by atoms with Crippen LogP contribution in [0.1, 0.15) is 19.3 Å². The third kappa shape index (κ3) is 4.12. The molecule has 6 nitrogen and oxygen atoms in total. The molecule has 0 N–H and O–H groups in total. The quantitative estimate of drug-likeness (QED) is 0.797. The maximum absolute atomic E-state index is 12.5. The van der Waals surface area contributed by atoms with E-state index in [9.17, 15) is 4.79 Å². The molecule has 0 radical (unpaired) electrons. The molecule has 6 heteroatoms. The van der Waals surface area contributed by atoms with E-state index in [0.29, 0.717) is 11.8 Å². The molecule has 0 saturated carbocycles. The monoisotopic (exact) mass is 381 g/mol. The van der Waals surface area contributed by atoms with Crippen LogP contribution in [0.4, 0.5) is 5.69 Å². The van der Waals surface area contributed by atoms with Gasteiger partial charge < -0.3 is 19.3 Å². The second-order valence-corrected chi connectivity index (χ2v) is 7.66. The number of likely N-dealkylation sites (tertiary alicyclic amines) is 1. The molecular formula is C22H27N3O3. The van der Waals surface area contributed by atoms with Crippen LogP contribution < -0.4 is 9.64 Å². The van der Waals surface area contributed by atoms with Crippen molar-refractivity contribution in [3.63, 3.8) is 0 Å². The maximum Gasteiger partial charge on any atom is 0.260 e. The van der Waals surface area contributed by atoms with E-state index in [1.807, 2.05) is 11.0 Å². The van der Waals surface area contributed by atoms with Crippen LogP contribution in [0.25, 0.3) is 0 Å². The summed E-state index contributed by atoms with van der Waals surface area (Å²) in [5.74, 6) is 0.643. The molecule has 148 valence electrons. The lowest BCUT2D eigenvalue weighted by atomic mass is 9.87. The molecule has 0 bridgehead atoms. The first-order chi connectivity index (χ1) is 13.7. The highest BCUT2D eigenvalue weighted by Crippen LogP contribution is 2.38. The van der Waals surface area contributed by atoms with Gasteiger partial charge in [-0.3, -0.25) is 9.78 Å². The Morgan fingerprint density at radius 3 is 2.75 bits per heavy atom. The molecule has 0 unspecified atom stereocenters. The Morgan fingerprint density at radius 1 is 1.25 bits per heavy atom. The Balaban J connectivity index is 1.27. The van der Waals surface area contributed by atoms with Crippen molar-refractivity contribution in [3.8, 4) is 5.75 Å². The number of benzene rings is 1. The summed E-state index contributed by atoms with van der Waals surface area (Å²) in [5.41, 5.74) is 1.11. The van der Waals surface area contributed by atoms with E-state index < -0.39 is 0 Å². The molecule has 4 rings (SSSR count). The van der Waals surface area contributed by atoms with Gasteiger partial charge in [-0.15, -0.1) is 0 Å². The summed E-state index contributed by atoms with van der Waals surface area (Å²) in [6.07, 6.45) is 6.07. The topological polar surface area (TPSA) is 54.9 Å². The molecule has 3 heterocycles. The Kier molecular flexibility index (Phi) is 5.48. The van der Waals surface area contributed by atoms with E-state index >= 15 is 0 Å². The van der Waals surface area contributed by atoms with Crippen molar-refractivity contribution >= 4 is 11.6 Å². The molecule has 2 aromatic rings. The van der Waals surface area contributed by atoms with Crippen molar-refractivity contribution in [3.05, 3.63) is 54.9 Å². The van der Waals surface area contributed by atoms with Crippen molar-refractivity contribution < 1.29 is 14.3 Å². The molecule has 1 spiro atoms. The van der Waals surface area contributed by atoms with Crippen molar-refractivity contribution in [2.24, 2.45) is 0 Å². The lowest BCUT2D eigenvalue weighted by Gasteiger charge is -2.39. The van der Waals surface area contributed by atoms with Gasteiger partial charge in [-0.1, -0.05) is 18.2 Å². The van der Waals surface area contributed by atoms with Gasteiger partial charge in [0.1, 0.15) is 5.75 Å². The number of hydrogen-bond donors (Lipinski definition) is 0. The number of pyridine rings is 1. The zero-order chi connectivity index (χ0) is 19.4. The second-order valence-electron chi connectivity index (χ2n) is 7.66. The number of carbonyl (C=O) groups is 1. The molecule has 2 saturated heterocycles. The number of hydrogen-bond acceptors (Lipinski definition) is 5. The first kappa shape index (κ1) is 18.7. The fourth-order valence-corrected chi connectivity index (χ4v) is 4.12. The molecule has 1 aromatic heterocycles. The minimum absolute atomic E-state index is 0.0228. The normalized spacial score (nSPS) is 20.9. The highest BCUT2D eigenvalue weighted by molar-refractivity contribution is 5.77. The fourth-order valence-electron chi connectivity index (χ4n) is 4.12. The van der Waals surface area contributed by atoms with E-state index in [1.54, 1.807) is 24.5 Å². The number of anilines is 1. The first-order valence-electron chi connectivity index (χ1n) is 9.88. The van der Waals surface area contributed by atoms with Crippen LogP contribution in [0.3, 0.4) is 0 Å². The fraction of sp³-hybridized carbons (Fsp3) is 0.455. The van der Waals surface area contributed by atoms with Crippen molar-refractivity contribution in [2.75, 3.05) is 38.3 Å². The number of piperidine rings is 1. The molecule has 0 aliphatic carbocycles. The molecule has 1 aromatic carbocycles. The third-order valence-electron chi connectivity index (χ3n) is 5.92. The van der Waals surface area contributed by atoms with E-state index in [0.717, 1.165) is 39.0 Å². The number of carbonyl (C=O) groups excluding carboxylic acids is 1. The molecule has 2 aliphatic rings. The predicted octanol–water partition coefficient (Wildman–Crippen LogP) is 2.75. The molecule has 28 heavy (non-hydrogen) atoms. The molecule has 1 atom stereocenters. The average molecular weight is 381 g/mol. The van der Waals surface area contributed by atoms with Crippen LogP contribution in [0.15, 0.2) is 54.9 Å². The standard InChI is InChI=1S/C22H27N3O3/c1-24(18-6-3-2-4-7-18)19-14-22(28-16-19)9-12-25(13-10-22)21(26)17-27-20-8-5-11-23-15-20/h2-8,11,15,19H,9-10,12-14,16-17H2,1H3/t19-/m0/s1. The largest absolute Gasteiger partial charge is 0.482 e. The van der Waals surface area contributed by atoms with Gasteiger partial charge in [-0.25, -0.2) is 0 Å². The van der Waals surface area contributed by atoms with Gasteiger partial charge >= 0.3 is 0 Å². The smallest absolute Gasteiger partial charge is 0.260 e. The van der Waals surface area contributed by atoms with E-state index in [-0.39, 0.29) is 18.1 Å².